The molecule has 154 valence electrons. The lowest BCUT2D eigenvalue weighted by molar-refractivity contribution is 0.0967. The molecule has 2 aromatic heterocycles. The highest BCUT2D eigenvalue weighted by Gasteiger charge is 2.20. The van der Waals surface area contributed by atoms with Gasteiger partial charge >= 0.3 is 0 Å². The quantitative estimate of drug-likeness (QED) is 0.398. The summed E-state index contributed by atoms with van der Waals surface area (Å²) in [5.74, 6) is 1.72. The number of rotatable bonds is 6. The van der Waals surface area contributed by atoms with Crippen molar-refractivity contribution in [2.24, 2.45) is 4.99 Å². The van der Waals surface area contributed by atoms with Gasteiger partial charge in [-0.3, -0.25) is 0 Å². The maximum Gasteiger partial charge on any atom is 0.190 e. The van der Waals surface area contributed by atoms with Crippen LogP contribution in [0.15, 0.2) is 69.4 Å². The van der Waals surface area contributed by atoms with Crippen molar-refractivity contribution in [3.05, 3.63) is 64.8 Å². The number of hydrogen-bond acceptors (Lipinski definition) is 5. The molecule has 6 heteroatoms. The third-order valence-corrected chi connectivity index (χ3v) is 6.12. The van der Waals surface area contributed by atoms with E-state index in [0.717, 1.165) is 64.7 Å². The van der Waals surface area contributed by atoms with Gasteiger partial charge in [0.1, 0.15) is 11.3 Å². The average Bonchev–Trinajstić information content (AvgIpc) is 3.50. The molecule has 1 aliphatic rings. The van der Waals surface area contributed by atoms with E-state index in [1.807, 2.05) is 49.4 Å². The molecule has 0 saturated carbocycles. The normalized spacial score (nSPS) is 17.1. The molecule has 5 rings (SSSR count). The summed E-state index contributed by atoms with van der Waals surface area (Å²) in [4.78, 5) is 5.85. The lowest BCUT2D eigenvalue weighted by Gasteiger charge is -2.13. The van der Waals surface area contributed by atoms with Gasteiger partial charge in [-0.25, -0.2) is 4.99 Å². The van der Waals surface area contributed by atoms with Crippen LogP contribution >= 0.6 is 11.3 Å². The van der Waals surface area contributed by atoms with E-state index in [-0.39, 0.29) is 6.10 Å². The Bertz CT molecular complexity index is 1160. The van der Waals surface area contributed by atoms with Gasteiger partial charge in [-0.15, -0.1) is 11.3 Å². The SMILES string of the molecule is CCOc1ccc(N=c2scc(-c3cc4ccccc4o3)n2CC2CCCO2)cc1. The molecule has 1 aliphatic heterocycles. The van der Waals surface area contributed by atoms with Gasteiger partial charge < -0.3 is 18.5 Å². The fourth-order valence-electron chi connectivity index (χ4n) is 3.79. The first-order chi connectivity index (χ1) is 14.8. The smallest absolute Gasteiger partial charge is 0.190 e. The van der Waals surface area contributed by atoms with E-state index >= 15 is 0 Å². The van der Waals surface area contributed by atoms with Crippen molar-refractivity contribution < 1.29 is 13.9 Å². The number of ether oxygens (including phenoxy) is 2. The van der Waals surface area contributed by atoms with Gasteiger partial charge in [0.25, 0.3) is 0 Å². The number of hydrogen-bond donors (Lipinski definition) is 0. The second-order valence-corrected chi connectivity index (χ2v) is 8.17. The summed E-state index contributed by atoms with van der Waals surface area (Å²) in [6, 6.07) is 18.1. The highest BCUT2D eigenvalue weighted by Crippen LogP contribution is 2.29. The highest BCUT2D eigenvalue weighted by atomic mass is 32.1. The molecule has 0 bridgehead atoms. The average molecular weight is 421 g/mol. The Hall–Kier alpha value is -2.83. The van der Waals surface area contributed by atoms with Crippen molar-refractivity contribution in [2.45, 2.75) is 32.4 Å². The minimum atomic E-state index is 0.210. The van der Waals surface area contributed by atoms with E-state index in [4.69, 9.17) is 18.9 Å². The van der Waals surface area contributed by atoms with Crippen LogP contribution in [0.4, 0.5) is 5.69 Å². The minimum Gasteiger partial charge on any atom is -0.494 e. The summed E-state index contributed by atoms with van der Waals surface area (Å²) in [5, 5.41) is 3.23. The number of furan rings is 1. The standard InChI is InChI=1S/C24H24N2O3S/c1-2-27-19-11-9-18(10-12-19)25-24-26(15-20-7-5-13-28-20)21(16-30-24)23-14-17-6-3-4-8-22(17)29-23/h3-4,6,8-12,14,16,20H,2,5,7,13,15H2,1H3. The Kier molecular flexibility index (Phi) is 5.43. The highest BCUT2D eigenvalue weighted by molar-refractivity contribution is 7.07. The molecule has 1 unspecified atom stereocenters. The molecular weight excluding hydrogens is 396 g/mol. The van der Waals surface area contributed by atoms with Crippen molar-refractivity contribution >= 4 is 28.0 Å². The van der Waals surface area contributed by atoms with Crippen LogP contribution in [0.3, 0.4) is 0 Å². The Morgan fingerprint density at radius 1 is 1.17 bits per heavy atom. The fourth-order valence-corrected chi connectivity index (χ4v) is 4.71. The first kappa shape index (κ1) is 19.2. The summed E-state index contributed by atoms with van der Waals surface area (Å²) in [5.41, 5.74) is 2.83. The Morgan fingerprint density at radius 2 is 2.03 bits per heavy atom. The predicted octanol–water partition coefficient (Wildman–Crippen LogP) is 5.77. The summed E-state index contributed by atoms with van der Waals surface area (Å²) in [6.07, 6.45) is 2.40. The second kappa shape index (κ2) is 8.50. The number of aromatic nitrogens is 1. The number of nitrogens with zero attached hydrogens (tertiary/aromatic N) is 2. The largest absolute Gasteiger partial charge is 0.494 e. The van der Waals surface area contributed by atoms with Crippen LogP contribution in [0.1, 0.15) is 19.8 Å². The van der Waals surface area contributed by atoms with Crippen LogP contribution in [0, 0.1) is 0 Å². The van der Waals surface area contributed by atoms with Crippen LogP contribution < -0.4 is 9.54 Å². The molecule has 1 fully saturated rings. The third-order valence-electron chi connectivity index (χ3n) is 5.26. The van der Waals surface area contributed by atoms with E-state index in [1.54, 1.807) is 11.3 Å². The van der Waals surface area contributed by atoms with E-state index in [0.29, 0.717) is 6.61 Å². The molecular formula is C24H24N2O3S. The number of benzene rings is 2. The van der Waals surface area contributed by atoms with Crippen molar-refractivity contribution in [3.8, 4) is 17.2 Å². The number of para-hydroxylation sites is 1. The molecule has 1 atom stereocenters. The number of fused-ring (bicyclic) bond motifs is 1. The fraction of sp³-hybridized carbons (Fsp3) is 0.292. The molecule has 0 aliphatic carbocycles. The summed E-state index contributed by atoms with van der Waals surface area (Å²) < 4.78 is 19.8. The van der Waals surface area contributed by atoms with Gasteiger partial charge in [0, 0.05) is 17.4 Å². The van der Waals surface area contributed by atoms with Crippen molar-refractivity contribution in [1.29, 1.82) is 0 Å². The minimum absolute atomic E-state index is 0.210. The van der Waals surface area contributed by atoms with Crippen molar-refractivity contribution in [3.63, 3.8) is 0 Å². The Morgan fingerprint density at radius 3 is 2.80 bits per heavy atom. The monoisotopic (exact) mass is 420 g/mol. The zero-order chi connectivity index (χ0) is 20.3. The third kappa shape index (κ3) is 3.93. The molecule has 30 heavy (non-hydrogen) atoms. The second-order valence-electron chi connectivity index (χ2n) is 7.34. The maximum atomic E-state index is 6.15. The molecule has 3 heterocycles. The number of thiazole rings is 1. The van der Waals surface area contributed by atoms with Crippen LogP contribution in [0.25, 0.3) is 22.4 Å². The predicted molar refractivity (Wildman–Crippen MR) is 119 cm³/mol. The first-order valence-corrected chi connectivity index (χ1v) is 11.2. The van der Waals surface area contributed by atoms with Crippen molar-refractivity contribution in [1.82, 2.24) is 4.57 Å². The molecule has 0 radical (unpaired) electrons. The van der Waals surface area contributed by atoms with E-state index < -0.39 is 0 Å². The van der Waals surface area contributed by atoms with Crippen molar-refractivity contribution in [2.75, 3.05) is 13.2 Å². The molecule has 0 amide bonds. The summed E-state index contributed by atoms with van der Waals surface area (Å²) in [6.45, 7) is 4.24. The zero-order valence-electron chi connectivity index (χ0n) is 16.9. The van der Waals surface area contributed by atoms with Gasteiger partial charge in [0.2, 0.25) is 0 Å². The van der Waals surface area contributed by atoms with Crippen LogP contribution in [0.5, 0.6) is 5.75 Å². The maximum absolute atomic E-state index is 6.15. The Balaban J connectivity index is 1.56. The Labute approximate surface area is 179 Å². The van der Waals surface area contributed by atoms with Gasteiger partial charge in [-0.2, -0.15) is 0 Å². The molecule has 4 aromatic rings. The van der Waals surface area contributed by atoms with Crippen LogP contribution in [-0.4, -0.2) is 23.9 Å². The summed E-state index contributed by atoms with van der Waals surface area (Å²) in [7, 11) is 0. The molecule has 1 saturated heterocycles. The van der Waals surface area contributed by atoms with Gasteiger partial charge in [0.05, 0.1) is 30.6 Å². The van der Waals surface area contributed by atoms with Crippen LogP contribution in [0.2, 0.25) is 0 Å². The summed E-state index contributed by atoms with van der Waals surface area (Å²) >= 11 is 1.62. The van der Waals surface area contributed by atoms with E-state index in [9.17, 15) is 0 Å². The van der Waals surface area contributed by atoms with Gasteiger partial charge in [0.15, 0.2) is 10.6 Å². The lowest BCUT2D eigenvalue weighted by Crippen LogP contribution is -2.23. The van der Waals surface area contributed by atoms with Gasteiger partial charge in [-0.1, -0.05) is 18.2 Å². The van der Waals surface area contributed by atoms with Gasteiger partial charge in [-0.05, 0) is 56.2 Å². The van der Waals surface area contributed by atoms with E-state index in [2.05, 4.69) is 22.1 Å². The van der Waals surface area contributed by atoms with E-state index in [1.165, 1.54) is 0 Å². The zero-order valence-corrected chi connectivity index (χ0v) is 17.7. The molecule has 0 N–H and O–H groups in total. The lowest BCUT2D eigenvalue weighted by atomic mass is 10.2. The molecule has 0 spiro atoms. The molecule has 2 aromatic carbocycles. The van der Waals surface area contributed by atoms with Crippen LogP contribution in [-0.2, 0) is 11.3 Å². The topological polar surface area (TPSA) is 48.9 Å². The molecule has 5 nitrogen and oxygen atoms in total. The first-order valence-electron chi connectivity index (χ1n) is 10.4.